The van der Waals surface area contributed by atoms with Gasteiger partial charge in [0.25, 0.3) is 0 Å². The molecule has 0 fully saturated rings. The summed E-state index contributed by atoms with van der Waals surface area (Å²) in [5.41, 5.74) is 6.78. The third kappa shape index (κ3) is 4.70. The van der Waals surface area contributed by atoms with Crippen LogP contribution in [-0.4, -0.2) is 0 Å². The Morgan fingerprint density at radius 2 is 1.10 bits per heavy atom. The van der Waals surface area contributed by atoms with Crippen molar-refractivity contribution in [1.29, 1.82) is 0 Å². The zero-order valence-corrected chi connectivity index (χ0v) is 17.6. The molecule has 3 heteroatoms. The standard InChI is InChI=1S/2C9H13.2ClH.Zr/c2*1-3-8-6-5-7-9(8)4-2;;;/h2*6H,3-5H2,1-2H3;2*1H;/q;;;;+2/p-2. The molecule has 0 unspecified atom stereocenters. The average molecular weight is 405 g/mol. The fourth-order valence-corrected chi connectivity index (χ4v) is 7.66. The van der Waals surface area contributed by atoms with Crippen LogP contribution < -0.4 is 24.8 Å². The van der Waals surface area contributed by atoms with Gasteiger partial charge in [0.2, 0.25) is 0 Å². The molecule has 0 saturated carbocycles. The molecule has 2 rings (SSSR count). The van der Waals surface area contributed by atoms with Gasteiger partial charge in [0.1, 0.15) is 0 Å². The Balaban J connectivity index is 0.00000200. The summed E-state index contributed by atoms with van der Waals surface area (Å²) in [7, 11) is 0. The third-order valence-corrected chi connectivity index (χ3v) is 8.35. The summed E-state index contributed by atoms with van der Waals surface area (Å²) in [5, 5.41) is 0. The van der Waals surface area contributed by atoms with E-state index < -0.39 is 23.2 Å². The Bertz CT molecular complexity index is 437. The second kappa shape index (κ2) is 10.2. The second-order valence-corrected chi connectivity index (χ2v) is 8.90. The Morgan fingerprint density at radius 3 is 1.38 bits per heavy atom. The van der Waals surface area contributed by atoms with E-state index in [1.54, 1.807) is 22.3 Å². The van der Waals surface area contributed by atoms with Gasteiger partial charge in [-0.05, 0) is 0 Å². The zero-order chi connectivity index (χ0) is 13.8. The van der Waals surface area contributed by atoms with Crippen molar-refractivity contribution >= 4 is 0 Å². The van der Waals surface area contributed by atoms with Crippen molar-refractivity contribution in [2.24, 2.45) is 0 Å². The Morgan fingerprint density at radius 1 is 0.714 bits per heavy atom. The van der Waals surface area contributed by atoms with Gasteiger partial charge in [-0.3, -0.25) is 0 Å². The van der Waals surface area contributed by atoms with Gasteiger partial charge in [0.15, 0.2) is 0 Å². The van der Waals surface area contributed by atoms with Crippen molar-refractivity contribution in [2.75, 3.05) is 0 Å². The first kappa shape index (κ1) is 21.4. The van der Waals surface area contributed by atoms with E-state index in [2.05, 4.69) is 39.8 Å². The van der Waals surface area contributed by atoms with Gasteiger partial charge in [-0.15, -0.1) is 0 Å². The van der Waals surface area contributed by atoms with E-state index in [0.29, 0.717) is 0 Å². The summed E-state index contributed by atoms with van der Waals surface area (Å²) in [6.45, 7) is 9.28. The van der Waals surface area contributed by atoms with Crippen molar-refractivity contribution < 1.29 is 48.0 Å². The van der Waals surface area contributed by atoms with Crippen LogP contribution >= 0.6 is 0 Å². The smallest absolute Gasteiger partial charge is 1.00 e. The van der Waals surface area contributed by atoms with Crippen LogP contribution in [0.25, 0.3) is 0 Å². The molecule has 0 saturated heterocycles. The zero-order valence-electron chi connectivity index (χ0n) is 13.7. The van der Waals surface area contributed by atoms with Gasteiger partial charge < -0.3 is 24.8 Å². The molecule has 0 aromatic rings. The topological polar surface area (TPSA) is 0 Å². The molecule has 2 aliphatic carbocycles. The molecule has 0 bridgehead atoms. The average Bonchev–Trinajstić information content (AvgIpc) is 3.01. The van der Waals surface area contributed by atoms with Crippen LogP contribution in [0, 0.1) is 0 Å². The maximum atomic E-state index is 2.50. The SMILES string of the molecule is CCC1=CC[C]([Zr+2][C]2=C(CC)C(CC)=CC2)=C1CC.[Cl-].[Cl-]. The summed E-state index contributed by atoms with van der Waals surface area (Å²) < 4.78 is 3.74. The summed E-state index contributed by atoms with van der Waals surface area (Å²) >= 11 is -0.495. The number of hydrogen-bond donors (Lipinski definition) is 0. The maximum absolute atomic E-state index is 2.50. The molecular weight excluding hydrogens is 378 g/mol. The van der Waals surface area contributed by atoms with Crippen LogP contribution in [0.5, 0.6) is 0 Å². The first-order chi connectivity index (χ1) is 9.24. The minimum Gasteiger partial charge on any atom is -1.00 e. The molecule has 0 atom stereocenters. The van der Waals surface area contributed by atoms with Crippen LogP contribution in [-0.2, 0) is 23.2 Å². The third-order valence-electron chi connectivity index (χ3n) is 4.38. The predicted octanol–water partition coefficient (Wildman–Crippen LogP) is -0.115. The fraction of sp³-hybridized carbons (Fsp3) is 0.556. The van der Waals surface area contributed by atoms with Gasteiger partial charge in [-0.1, -0.05) is 0 Å². The van der Waals surface area contributed by atoms with E-state index >= 15 is 0 Å². The van der Waals surface area contributed by atoms with E-state index in [1.165, 1.54) is 38.5 Å². The molecule has 0 nitrogen and oxygen atoms in total. The normalized spacial score (nSPS) is 17.1. The van der Waals surface area contributed by atoms with Gasteiger partial charge in [-0.25, -0.2) is 0 Å². The van der Waals surface area contributed by atoms with Crippen LogP contribution in [0.15, 0.2) is 41.0 Å². The Kier molecular flexibility index (Phi) is 10.5. The molecule has 0 spiro atoms. The quantitative estimate of drug-likeness (QED) is 0.580. The minimum absolute atomic E-state index is 0. The van der Waals surface area contributed by atoms with E-state index in [4.69, 9.17) is 0 Å². The molecule has 0 amide bonds. The number of hydrogen-bond acceptors (Lipinski definition) is 0. The van der Waals surface area contributed by atoms with Gasteiger partial charge >= 0.3 is 130 Å². The molecule has 0 heterocycles. The van der Waals surface area contributed by atoms with E-state index in [9.17, 15) is 0 Å². The fourth-order valence-electron chi connectivity index (χ4n) is 3.36. The maximum Gasteiger partial charge on any atom is -1.00 e. The van der Waals surface area contributed by atoms with Gasteiger partial charge in [-0.2, -0.15) is 0 Å². The first-order valence-corrected chi connectivity index (χ1v) is 10.3. The molecule has 0 radical (unpaired) electrons. The second-order valence-electron chi connectivity index (χ2n) is 5.32. The molecular formula is C18H26Cl2Zr. The van der Waals surface area contributed by atoms with Crippen molar-refractivity contribution in [2.45, 2.75) is 66.2 Å². The molecule has 0 N–H and O–H groups in total. The van der Waals surface area contributed by atoms with Crippen LogP contribution in [0.3, 0.4) is 0 Å². The minimum atomic E-state index is -0.495. The van der Waals surface area contributed by atoms with Crippen LogP contribution in [0.1, 0.15) is 66.2 Å². The van der Waals surface area contributed by atoms with E-state index in [0.717, 1.165) is 0 Å². The van der Waals surface area contributed by atoms with Gasteiger partial charge in [0.05, 0.1) is 0 Å². The molecule has 0 aromatic carbocycles. The Labute approximate surface area is 154 Å². The van der Waals surface area contributed by atoms with Crippen LogP contribution in [0.2, 0.25) is 0 Å². The molecule has 116 valence electrons. The number of allylic oxidation sites excluding steroid dienone is 8. The summed E-state index contributed by atoms with van der Waals surface area (Å²) in [4.78, 5) is 0. The first-order valence-electron chi connectivity index (χ1n) is 7.84. The molecule has 21 heavy (non-hydrogen) atoms. The summed E-state index contributed by atoms with van der Waals surface area (Å²) in [5.74, 6) is 0. The Hall–Kier alpha value is 0.423. The van der Waals surface area contributed by atoms with Crippen molar-refractivity contribution in [3.8, 4) is 0 Å². The van der Waals surface area contributed by atoms with Crippen molar-refractivity contribution in [3.05, 3.63) is 41.0 Å². The number of rotatable bonds is 6. The molecule has 0 aromatic heterocycles. The largest absolute Gasteiger partial charge is 1.00 e. The number of halogens is 2. The summed E-state index contributed by atoms with van der Waals surface area (Å²) in [6, 6.07) is 0. The summed E-state index contributed by atoms with van der Waals surface area (Å²) in [6.07, 6.45) is 12.5. The van der Waals surface area contributed by atoms with E-state index in [-0.39, 0.29) is 24.8 Å². The van der Waals surface area contributed by atoms with E-state index in [1.807, 2.05) is 6.56 Å². The van der Waals surface area contributed by atoms with Crippen molar-refractivity contribution in [1.82, 2.24) is 0 Å². The van der Waals surface area contributed by atoms with Gasteiger partial charge in [0, 0.05) is 0 Å². The molecule has 2 aliphatic rings. The van der Waals surface area contributed by atoms with Crippen LogP contribution in [0.4, 0.5) is 0 Å². The van der Waals surface area contributed by atoms with Crippen molar-refractivity contribution in [3.63, 3.8) is 0 Å². The predicted molar refractivity (Wildman–Crippen MR) is 80.6 cm³/mol. The molecule has 0 aliphatic heterocycles. The monoisotopic (exact) mass is 402 g/mol.